The molecule has 184 valence electrons. The Labute approximate surface area is 199 Å². The number of rotatable bonds is 9. The van der Waals surface area contributed by atoms with E-state index < -0.39 is 44.0 Å². The van der Waals surface area contributed by atoms with E-state index in [0.717, 1.165) is 16.1 Å². The number of anilines is 1. The largest absolute Gasteiger partial charge is 0.480 e. The number of aryl methyl sites for hydroxylation is 1. The fraction of sp³-hybridized carbons (Fsp3) is 0.364. The number of aliphatic carboxylic acids is 1. The van der Waals surface area contributed by atoms with Gasteiger partial charge in [0, 0.05) is 18.7 Å². The lowest BCUT2D eigenvalue weighted by Gasteiger charge is -2.25. The first kappa shape index (κ1) is 25.7. The summed E-state index contributed by atoms with van der Waals surface area (Å²) in [7, 11) is -7.36. The molecule has 1 fully saturated rings. The first-order valence-corrected chi connectivity index (χ1v) is 13.9. The van der Waals surface area contributed by atoms with Crippen molar-refractivity contribution in [1.82, 2.24) is 9.62 Å². The van der Waals surface area contributed by atoms with Gasteiger partial charge in [-0.2, -0.15) is 4.31 Å². The summed E-state index contributed by atoms with van der Waals surface area (Å²) in [6.45, 7) is 2.01. The Morgan fingerprint density at radius 2 is 1.68 bits per heavy atom. The molecule has 1 aliphatic heterocycles. The molecule has 34 heavy (non-hydrogen) atoms. The van der Waals surface area contributed by atoms with Crippen molar-refractivity contribution in [2.45, 2.75) is 43.2 Å². The van der Waals surface area contributed by atoms with E-state index in [2.05, 4.69) is 10.0 Å². The highest BCUT2D eigenvalue weighted by Gasteiger charge is 2.40. The summed E-state index contributed by atoms with van der Waals surface area (Å²) < 4.78 is 52.2. The number of nitrogens with one attached hydrogen (secondary N) is 2. The number of carboxylic acids is 1. The van der Waals surface area contributed by atoms with Gasteiger partial charge in [-0.05, 0) is 49.6 Å². The number of carbonyl (C=O) groups is 2. The van der Waals surface area contributed by atoms with E-state index in [9.17, 15) is 31.5 Å². The number of carbonyl (C=O) groups excluding carboxylic acids is 1. The Hall–Kier alpha value is -2.96. The van der Waals surface area contributed by atoms with E-state index in [1.54, 1.807) is 24.3 Å². The molecule has 2 aromatic rings. The Bertz CT molecular complexity index is 1260. The minimum atomic E-state index is -3.92. The zero-order valence-electron chi connectivity index (χ0n) is 18.8. The predicted octanol–water partition coefficient (Wildman–Crippen LogP) is 1.33. The molecule has 12 heteroatoms. The van der Waals surface area contributed by atoms with Crippen LogP contribution in [0.4, 0.5) is 5.69 Å². The van der Waals surface area contributed by atoms with Crippen LogP contribution in [0, 0.1) is 6.92 Å². The molecular formula is C22H27N3O7S2. The number of hydrogen-bond acceptors (Lipinski definition) is 6. The molecule has 0 aliphatic carbocycles. The molecule has 1 heterocycles. The average Bonchev–Trinajstić information content (AvgIpc) is 3.25. The van der Waals surface area contributed by atoms with Gasteiger partial charge in [0.05, 0.1) is 11.2 Å². The third-order valence-electron chi connectivity index (χ3n) is 5.45. The van der Waals surface area contributed by atoms with Gasteiger partial charge < -0.3 is 10.4 Å². The summed E-state index contributed by atoms with van der Waals surface area (Å²) in [5.74, 6) is -1.94. The van der Waals surface area contributed by atoms with Gasteiger partial charge in [0.15, 0.2) is 0 Å². The predicted molar refractivity (Wildman–Crippen MR) is 126 cm³/mol. The lowest BCUT2D eigenvalue weighted by atomic mass is 10.0. The first-order chi connectivity index (χ1) is 15.9. The van der Waals surface area contributed by atoms with E-state index in [0.29, 0.717) is 17.7 Å². The summed E-state index contributed by atoms with van der Waals surface area (Å²) in [5, 5.41) is 12.1. The van der Waals surface area contributed by atoms with Crippen LogP contribution in [0.1, 0.15) is 24.0 Å². The van der Waals surface area contributed by atoms with Crippen LogP contribution in [0.5, 0.6) is 0 Å². The van der Waals surface area contributed by atoms with Gasteiger partial charge in [-0.15, -0.1) is 0 Å². The Morgan fingerprint density at radius 3 is 2.24 bits per heavy atom. The molecule has 0 radical (unpaired) electrons. The maximum absolute atomic E-state index is 13.1. The van der Waals surface area contributed by atoms with Crippen molar-refractivity contribution >= 4 is 37.6 Å². The second-order valence-corrected chi connectivity index (χ2v) is 11.9. The monoisotopic (exact) mass is 509 g/mol. The van der Waals surface area contributed by atoms with Crippen LogP contribution in [0.15, 0.2) is 53.4 Å². The second kappa shape index (κ2) is 10.1. The van der Waals surface area contributed by atoms with Gasteiger partial charge in [0.1, 0.15) is 12.1 Å². The smallest absolute Gasteiger partial charge is 0.326 e. The molecule has 2 atom stereocenters. The Kier molecular flexibility index (Phi) is 7.64. The van der Waals surface area contributed by atoms with Gasteiger partial charge in [-0.25, -0.2) is 21.6 Å². The number of nitrogens with zero attached hydrogens (tertiary/aromatic N) is 1. The van der Waals surface area contributed by atoms with Gasteiger partial charge in [-0.3, -0.25) is 9.52 Å². The molecule has 1 saturated heterocycles. The standard InChI is InChI=1S/C22H27N3O7S2/c1-15-5-11-18(12-6-15)34(31,32)25-13-3-4-20(25)21(26)23-19(22(27)28)14-16-7-9-17(10-8-16)24-33(2,29)30/h5-12,19-20,24H,3-4,13-14H2,1-2H3,(H,23,26)(H,27,28). The molecule has 0 spiro atoms. The fourth-order valence-electron chi connectivity index (χ4n) is 3.76. The van der Waals surface area contributed by atoms with Crippen molar-refractivity contribution in [3.8, 4) is 0 Å². The third-order valence-corrected chi connectivity index (χ3v) is 7.97. The minimum Gasteiger partial charge on any atom is -0.480 e. The average molecular weight is 510 g/mol. The highest BCUT2D eigenvalue weighted by atomic mass is 32.2. The first-order valence-electron chi connectivity index (χ1n) is 10.6. The van der Waals surface area contributed by atoms with E-state index >= 15 is 0 Å². The fourth-order valence-corrected chi connectivity index (χ4v) is 5.98. The SMILES string of the molecule is Cc1ccc(S(=O)(=O)N2CCCC2C(=O)NC(Cc2ccc(NS(C)(=O)=O)cc2)C(=O)O)cc1. The molecule has 0 aromatic heterocycles. The van der Waals surface area contributed by atoms with Crippen molar-refractivity contribution in [3.63, 3.8) is 0 Å². The van der Waals surface area contributed by atoms with Crippen molar-refractivity contribution in [1.29, 1.82) is 0 Å². The van der Waals surface area contributed by atoms with E-state index in [4.69, 9.17) is 0 Å². The van der Waals surface area contributed by atoms with E-state index in [-0.39, 0.29) is 24.3 Å². The molecule has 0 saturated carbocycles. The summed E-state index contributed by atoms with van der Waals surface area (Å²) in [4.78, 5) is 24.8. The summed E-state index contributed by atoms with van der Waals surface area (Å²) in [5.41, 5.74) is 1.78. The van der Waals surface area contributed by atoms with Crippen molar-refractivity contribution in [2.24, 2.45) is 0 Å². The zero-order valence-corrected chi connectivity index (χ0v) is 20.4. The maximum atomic E-state index is 13.1. The van der Waals surface area contributed by atoms with Crippen molar-refractivity contribution in [3.05, 3.63) is 59.7 Å². The van der Waals surface area contributed by atoms with Gasteiger partial charge in [0.2, 0.25) is 26.0 Å². The van der Waals surface area contributed by atoms with Crippen LogP contribution in [0.3, 0.4) is 0 Å². The lowest BCUT2D eigenvalue weighted by molar-refractivity contribution is -0.142. The number of sulfonamides is 2. The zero-order chi connectivity index (χ0) is 25.1. The number of benzene rings is 2. The molecule has 3 N–H and O–H groups in total. The van der Waals surface area contributed by atoms with Crippen LogP contribution in [-0.2, 0) is 36.1 Å². The molecule has 1 amide bonds. The molecule has 1 aliphatic rings. The normalized spacial score (nSPS) is 17.8. The van der Waals surface area contributed by atoms with Crippen molar-refractivity contribution in [2.75, 3.05) is 17.5 Å². The summed E-state index contributed by atoms with van der Waals surface area (Å²) in [6.07, 6.45) is 1.73. The summed E-state index contributed by atoms with van der Waals surface area (Å²) in [6, 6.07) is 10.1. The Balaban J connectivity index is 1.72. The van der Waals surface area contributed by atoms with Crippen LogP contribution >= 0.6 is 0 Å². The van der Waals surface area contributed by atoms with Crippen LogP contribution in [-0.4, -0.2) is 63.0 Å². The third kappa shape index (κ3) is 6.33. The molecule has 3 rings (SSSR count). The number of hydrogen-bond donors (Lipinski definition) is 3. The maximum Gasteiger partial charge on any atom is 0.326 e. The van der Waals surface area contributed by atoms with Gasteiger partial charge in [-0.1, -0.05) is 29.8 Å². The van der Waals surface area contributed by atoms with Crippen LogP contribution < -0.4 is 10.0 Å². The quantitative estimate of drug-likeness (QED) is 0.461. The number of amides is 1. The van der Waals surface area contributed by atoms with E-state index in [1.165, 1.54) is 24.3 Å². The highest BCUT2D eigenvalue weighted by Crippen LogP contribution is 2.26. The Morgan fingerprint density at radius 1 is 1.06 bits per heavy atom. The topological polar surface area (TPSA) is 150 Å². The highest BCUT2D eigenvalue weighted by molar-refractivity contribution is 7.92. The van der Waals surface area contributed by atoms with Crippen LogP contribution in [0.25, 0.3) is 0 Å². The number of carboxylic acid groups (broad SMARTS) is 1. The van der Waals surface area contributed by atoms with Gasteiger partial charge in [0.25, 0.3) is 0 Å². The molecule has 0 bridgehead atoms. The minimum absolute atomic E-state index is 0.0579. The van der Waals surface area contributed by atoms with Crippen LogP contribution in [0.2, 0.25) is 0 Å². The molecule has 2 unspecified atom stereocenters. The second-order valence-electron chi connectivity index (χ2n) is 8.26. The molecule has 2 aromatic carbocycles. The molecular weight excluding hydrogens is 482 g/mol. The van der Waals surface area contributed by atoms with Gasteiger partial charge >= 0.3 is 5.97 Å². The van der Waals surface area contributed by atoms with Crippen molar-refractivity contribution < 1.29 is 31.5 Å². The van der Waals surface area contributed by atoms with E-state index in [1.807, 2.05) is 6.92 Å². The summed E-state index contributed by atoms with van der Waals surface area (Å²) >= 11 is 0. The molecule has 10 nitrogen and oxygen atoms in total. The lowest BCUT2D eigenvalue weighted by Crippen LogP contribution is -2.51.